The Kier molecular flexibility index (Phi) is 3.87. The van der Waals surface area contributed by atoms with Crippen molar-refractivity contribution in [2.24, 2.45) is 0 Å². The Morgan fingerprint density at radius 3 is 2.91 bits per heavy atom. The summed E-state index contributed by atoms with van der Waals surface area (Å²) in [6.45, 7) is 6.59. The summed E-state index contributed by atoms with van der Waals surface area (Å²) in [7, 11) is 0. The third-order valence-corrected chi connectivity index (χ3v) is 2.21. The summed E-state index contributed by atoms with van der Waals surface area (Å²) in [6.07, 6.45) is 4.33. The lowest BCUT2D eigenvalue weighted by Gasteiger charge is -2.09. The van der Waals surface area contributed by atoms with Gasteiger partial charge in [0.15, 0.2) is 0 Å². The van der Waals surface area contributed by atoms with Gasteiger partial charge in [0, 0.05) is 6.04 Å². The molecule has 1 aliphatic heterocycles. The van der Waals surface area contributed by atoms with Crippen LogP contribution in [0.1, 0.15) is 33.1 Å². The molecular formula is C9H19NO. The largest absolute Gasteiger partial charge is 0.373 e. The minimum atomic E-state index is 0.605. The second-order valence-corrected chi connectivity index (χ2v) is 3.36. The van der Waals surface area contributed by atoms with Crippen LogP contribution in [-0.4, -0.2) is 25.3 Å². The zero-order chi connectivity index (χ0) is 8.10. The molecule has 2 nitrogen and oxygen atoms in total. The lowest BCUT2D eigenvalue weighted by Crippen LogP contribution is -2.26. The van der Waals surface area contributed by atoms with Gasteiger partial charge in [0.2, 0.25) is 0 Å². The quantitative estimate of drug-likeness (QED) is 0.467. The molecule has 66 valence electrons. The van der Waals surface area contributed by atoms with Crippen LogP contribution in [0.15, 0.2) is 0 Å². The van der Waals surface area contributed by atoms with E-state index in [0.717, 1.165) is 13.2 Å². The standard InChI is InChI=1S/C9H19NO/c1-3-8(2)10-6-4-5-9-7-11-9/h8-10H,3-7H2,1-2H3. The van der Waals surface area contributed by atoms with Crippen LogP contribution in [-0.2, 0) is 4.74 Å². The van der Waals surface area contributed by atoms with Crippen LogP contribution in [0.5, 0.6) is 0 Å². The molecule has 1 saturated heterocycles. The molecular weight excluding hydrogens is 138 g/mol. The Bertz CT molecular complexity index is 102. The van der Waals surface area contributed by atoms with Crippen molar-refractivity contribution in [1.82, 2.24) is 5.32 Å². The smallest absolute Gasteiger partial charge is 0.0810 e. The normalized spacial score (nSPS) is 25.1. The van der Waals surface area contributed by atoms with E-state index in [-0.39, 0.29) is 0 Å². The van der Waals surface area contributed by atoms with Crippen molar-refractivity contribution in [3.05, 3.63) is 0 Å². The van der Waals surface area contributed by atoms with E-state index in [2.05, 4.69) is 19.2 Å². The van der Waals surface area contributed by atoms with Crippen molar-refractivity contribution in [2.45, 2.75) is 45.3 Å². The van der Waals surface area contributed by atoms with Crippen LogP contribution in [0.25, 0.3) is 0 Å². The monoisotopic (exact) mass is 157 g/mol. The fraction of sp³-hybridized carbons (Fsp3) is 1.00. The number of ether oxygens (including phenoxy) is 1. The van der Waals surface area contributed by atoms with Crippen LogP contribution in [0.4, 0.5) is 0 Å². The Hall–Kier alpha value is -0.0800. The van der Waals surface area contributed by atoms with Gasteiger partial charge in [-0.05, 0) is 32.7 Å². The van der Waals surface area contributed by atoms with Gasteiger partial charge in [-0.1, -0.05) is 6.92 Å². The highest BCUT2D eigenvalue weighted by molar-refractivity contribution is 4.69. The number of nitrogens with one attached hydrogen (secondary N) is 1. The number of epoxide rings is 1. The molecule has 11 heavy (non-hydrogen) atoms. The average Bonchev–Trinajstić information content (AvgIpc) is 2.81. The summed E-state index contributed by atoms with van der Waals surface area (Å²) >= 11 is 0. The average molecular weight is 157 g/mol. The summed E-state index contributed by atoms with van der Waals surface area (Å²) in [5, 5.41) is 3.46. The molecule has 0 amide bonds. The van der Waals surface area contributed by atoms with Gasteiger partial charge in [-0.3, -0.25) is 0 Å². The summed E-state index contributed by atoms with van der Waals surface area (Å²) in [5.41, 5.74) is 0. The van der Waals surface area contributed by atoms with Gasteiger partial charge in [0.25, 0.3) is 0 Å². The maximum absolute atomic E-state index is 5.11. The maximum Gasteiger partial charge on any atom is 0.0810 e. The van der Waals surface area contributed by atoms with Gasteiger partial charge < -0.3 is 10.1 Å². The van der Waals surface area contributed by atoms with Crippen LogP contribution in [0.2, 0.25) is 0 Å². The van der Waals surface area contributed by atoms with E-state index >= 15 is 0 Å². The van der Waals surface area contributed by atoms with Crippen LogP contribution < -0.4 is 5.32 Å². The second-order valence-electron chi connectivity index (χ2n) is 3.36. The van der Waals surface area contributed by atoms with Crippen LogP contribution >= 0.6 is 0 Å². The minimum Gasteiger partial charge on any atom is -0.373 e. The molecule has 0 bridgehead atoms. The first-order valence-corrected chi connectivity index (χ1v) is 4.68. The minimum absolute atomic E-state index is 0.605. The molecule has 1 N–H and O–H groups in total. The summed E-state index contributed by atoms with van der Waals surface area (Å²) in [6, 6.07) is 0.676. The first-order valence-electron chi connectivity index (χ1n) is 4.68. The highest BCUT2D eigenvalue weighted by Gasteiger charge is 2.20. The molecule has 0 aromatic heterocycles. The van der Waals surface area contributed by atoms with Crippen molar-refractivity contribution >= 4 is 0 Å². The molecule has 0 radical (unpaired) electrons. The molecule has 2 atom stereocenters. The number of rotatable bonds is 6. The van der Waals surface area contributed by atoms with Crippen LogP contribution in [0, 0.1) is 0 Å². The first-order chi connectivity index (χ1) is 5.33. The van der Waals surface area contributed by atoms with Crippen molar-refractivity contribution in [1.29, 1.82) is 0 Å². The van der Waals surface area contributed by atoms with Gasteiger partial charge >= 0.3 is 0 Å². The van der Waals surface area contributed by atoms with Gasteiger partial charge in [-0.25, -0.2) is 0 Å². The van der Waals surface area contributed by atoms with E-state index in [4.69, 9.17) is 4.74 Å². The molecule has 0 aliphatic carbocycles. The lowest BCUT2D eigenvalue weighted by molar-refractivity contribution is 0.386. The summed E-state index contributed by atoms with van der Waals surface area (Å²) < 4.78 is 5.11. The lowest BCUT2D eigenvalue weighted by atomic mass is 10.2. The zero-order valence-corrected chi connectivity index (χ0v) is 7.60. The van der Waals surface area contributed by atoms with Crippen molar-refractivity contribution < 1.29 is 4.74 Å². The molecule has 0 saturated carbocycles. The topological polar surface area (TPSA) is 24.6 Å². The second kappa shape index (κ2) is 4.73. The van der Waals surface area contributed by atoms with E-state index in [9.17, 15) is 0 Å². The predicted octanol–water partition coefficient (Wildman–Crippen LogP) is 1.55. The molecule has 1 aliphatic rings. The van der Waals surface area contributed by atoms with Gasteiger partial charge in [-0.15, -0.1) is 0 Å². The zero-order valence-electron chi connectivity index (χ0n) is 7.60. The van der Waals surface area contributed by atoms with Crippen molar-refractivity contribution in [3.63, 3.8) is 0 Å². The Balaban J connectivity index is 1.79. The van der Waals surface area contributed by atoms with Crippen molar-refractivity contribution in [3.8, 4) is 0 Å². The Labute approximate surface area is 69.3 Å². The highest BCUT2D eigenvalue weighted by Crippen LogP contribution is 2.14. The van der Waals surface area contributed by atoms with Crippen molar-refractivity contribution in [2.75, 3.05) is 13.2 Å². The summed E-state index contributed by atoms with van der Waals surface area (Å²) in [4.78, 5) is 0. The third-order valence-electron chi connectivity index (χ3n) is 2.21. The van der Waals surface area contributed by atoms with E-state index in [1.807, 2.05) is 0 Å². The molecule has 0 spiro atoms. The fourth-order valence-corrected chi connectivity index (χ4v) is 1.06. The van der Waals surface area contributed by atoms with Gasteiger partial charge in [0.05, 0.1) is 12.7 Å². The molecule has 1 fully saturated rings. The number of hydrogen-bond donors (Lipinski definition) is 1. The maximum atomic E-state index is 5.11. The van der Waals surface area contributed by atoms with Crippen LogP contribution in [0.3, 0.4) is 0 Å². The third kappa shape index (κ3) is 4.38. The molecule has 0 aromatic carbocycles. The van der Waals surface area contributed by atoms with E-state index < -0.39 is 0 Å². The molecule has 1 heterocycles. The van der Waals surface area contributed by atoms with Gasteiger partial charge in [-0.2, -0.15) is 0 Å². The molecule has 1 rings (SSSR count). The molecule has 0 aromatic rings. The SMILES string of the molecule is CCC(C)NCCCC1CO1. The molecule has 2 heteroatoms. The summed E-state index contributed by atoms with van der Waals surface area (Å²) in [5.74, 6) is 0. The Morgan fingerprint density at radius 2 is 2.36 bits per heavy atom. The first kappa shape index (κ1) is 9.01. The van der Waals surface area contributed by atoms with E-state index in [1.54, 1.807) is 0 Å². The number of hydrogen-bond acceptors (Lipinski definition) is 2. The predicted molar refractivity (Wildman–Crippen MR) is 46.7 cm³/mol. The highest BCUT2D eigenvalue weighted by atomic mass is 16.6. The fourth-order valence-electron chi connectivity index (χ4n) is 1.06. The van der Waals surface area contributed by atoms with E-state index in [0.29, 0.717) is 12.1 Å². The van der Waals surface area contributed by atoms with E-state index in [1.165, 1.54) is 19.3 Å². The molecule has 2 unspecified atom stereocenters. The van der Waals surface area contributed by atoms with Gasteiger partial charge in [0.1, 0.15) is 0 Å². The Morgan fingerprint density at radius 1 is 1.64 bits per heavy atom.